The van der Waals surface area contributed by atoms with E-state index >= 15 is 0 Å². The monoisotopic (exact) mass is 480 g/mol. The average Bonchev–Trinajstić information content (AvgIpc) is 2.88. The molecule has 36 heavy (non-hydrogen) atoms. The molecular weight excluding hydrogens is 456 g/mol. The van der Waals surface area contributed by atoms with Crippen LogP contribution in [0.3, 0.4) is 0 Å². The third kappa shape index (κ3) is 4.27. The van der Waals surface area contributed by atoms with Crippen molar-refractivity contribution in [1.29, 1.82) is 0 Å². The summed E-state index contributed by atoms with van der Waals surface area (Å²) in [5.74, 6) is -0.0523. The van der Waals surface area contributed by atoms with Crippen LogP contribution in [0, 0.1) is 6.92 Å². The Bertz CT molecular complexity index is 1690. The highest BCUT2D eigenvalue weighted by Gasteiger charge is 2.18. The number of methoxy groups -OCH3 is 1. The van der Waals surface area contributed by atoms with E-state index in [2.05, 4.69) is 10.3 Å². The van der Waals surface area contributed by atoms with Crippen molar-refractivity contribution in [2.24, 2.45) is 0 Å². The Balaban J connectivity index is 1.62. The van der Waals surface area contributed by atoms with Gasteiger partial charge in [-0.15, -0.1) is 0 Å². The number of hydrogen-bond donors (Lipinski definition) is 2. The van der Waals surface area contributed by atoms with Gasteiger partial charge in [-0.1, -0.05) is 18.2 Å². The number of ether oxygens (including phenoxy) is 1. The molecule has 0 spiro atoms. The molecule has 0 saturated heterocycles. The van der Waals surface area contributed by atoms with Crippen LogP contribution in [0.5, 0.6) is 5.88 Å². The minimum Gasteiger partial charge on any atom is -0.481 e. The fraction of sp³-hybridized carbons (Fsp3) is 0.138. The first-order valence-electron chi connectivity index (χ1n) is 11.5. The average molecular weight is 481 g/mol. The summed E-state index contributed by atoms with van der Waals surface area (Å²) < 4.78 is 11.5. The van der Waals surface area contributed by atoms with Crippen molar-refractivity contribution in [1.82, 2.24) is 4.98 Å². The second-order valence-corrected chi connectivity index (χ2v) is 8.68. The maximum Gasteiger partial charge on any atom is 0.337 e. The highest BCUT2D eigenvalue weighted by Crippen LogP contribution is 2.32. The summed E-state index contributed by atoms with van der Waals surface area (Å²) in [5, 5.41) is 14.2. The highest BCUT2D eigenvalue weighted by atomic mass is 16.5. The number of rotatable bonds is 6. The summed E-state index contributed by atoms with van der Waals surface area (Å²) in [4.78, 5) is 29.3. The molecule has 2 aromatic heterocycles. The molecule has 0 aliphatic carbocycles. The topological polar surface area (TPSA) is 102 Å². The molecule has 0 amide bonds. The summed E-state index contributed by atoms with van der Waals surface area (Å²) in [5.41, 5.74) is 4.16. The number of aromatic nitrogens is 1. The van der Waals surface area contributed by atoms with Crippen molar-refractivity contribution < 1.29 is 19.1 Å². The van der Waals surface area contributed by atoms with E-state index in [0.29, 0.717) is 28.3 Å². The lowest BCUT2D eigenvalue weighted by Gasteiger charge is -2.19. The van der Waals surface area contributed by atoms with Gasteiger partial charge >= 0.3 is 5.97 Å². The SMILES string of the molecule is COc1ccc2cc(-c3cc(=O)c4cc(C)cc([C@@H](C)Nc5ccccc5C(=O)O)c4o3)ccc2n1. The number of anilines is 1. The standard InChI is InChI=1S/C29H24N2O5/c1-16-12-21(17(2)30-24-7-5-4-6-20(24)29(33)34)28-22(13-16)25(32)15-26(36-28)19-8-10-23-18(14-19)9-11-27(31-23)35-3/h4-15,17,30H,1-3H3,(H,33,34)/t17-/m1/s1. The predicted molar refractivity (Wildman–Crippen MR) is 140 cm³/mol. The molecule has 0 unspecified atom stereocenters. The Kier molecular flexibility index (Phi) is 5.90. The Morgan fingerprint density at radius 3 is 2.64 bits per heavy atom. The molecule has 1 atom stereocenters. The third-order valence-electron chi connectivity index (χ3n) is 6.15. The quantitative estimate of drug-likeness (QED) is 0.298. The number of aromatic carboxylic acids is 1. The predicted octanol–water partition coefficient (Wildman–Crippen LogP) is 6.20. The molecule has 0 fully saturated rings. The molecule has 180 valence electrons. The van der Waals surface area contributed by atoms with Gasteiger partial charge in [0.2, 0.25) is 5.88 Å². The van der Waals surface area contributed by atoms with Crippen molar-refractivity contribution in [3.63, 3.8) is 0 Å². The van der Waals surface area contributed by atoms with Gasteiger partial charge in [-0.3, -0.25) is 4.79 Å². The maximum absolute atomic E-state index is 13.2. The van der Waals surface area contributed by atoms with Crippen LogP contribution in [0.1, 0.15) is 34.5 Å². The first-order valence-corrected chi connectivity index (χ1v) is 11.5. The largest absolute Gasteiger partial charge is 0.481 e. The molecule has 0 aliphatic heterocycles. The number of nitrogens with one attached hydrogen (secondary N) is 1. The lowest BCUT2D eigenvalue weighted by molar-refractivity contribution is 0.0698. The Labute approximate surface area is 207 Å². The first-order chi connectivity index (χ1) is 17.3. The summed E-state index contributed by atoms with van der Waals surface area (Å²) >= 11 is 0. The van der Waals surface area contributed by atoms with E-state index in [4.69, 9.17) is 9.15 Å². The summed E-state index contributed by atoms with van der Waals surface area (Å²) in [6, 6.07) is 21.0. The maximum atomic E-state index is 13.2. The number of carboxylic acids is 1. The Hall–Kier alpha value is -4.65. The second-order valence-electron chi connectivity index (χ2n) is 8.68. The van der Waals surface area contributed by atoms with Crippen LogP contribution < -0.4 is 15.5 Å². The zero-order valence-corrected chi connectivity index (χ0v) is 20.0. The number of nitrogens with zero attached hydrogens (tertiary/aromatic N) is 1. The van der Waals surface area contributed by atoms with Crippen molar-refractivity contribution in [2.75, 3.05) is 12.4 Å². The molecule has 2 heterocycles. The number of carboxylic acid groups (broad SMARTS) is 1. The number of pyridine rings is 1. The van der Waals surface area contributed by atoms with E-state index < -0.39 is 5.97 Å². The number of fused-ring (bicyclic) bond motifs is 2. The number of benzene rings is 3. The molecule has 3 aromatic carbocycles. The zero-order valence-electron chi connectivity index (χ0n) is 20.0. The van der Waals surface area contributed by atoms with Gasteiger partial charge in [0.05, 0.1) is 29.6 Å². The van der Waals surface area contributed by atoms with Gasteiger partial charge in [0.15, 0.2) is 5.43 Å². The van der Waals surface area contributed by atoms with Crippen LogP contribution >= 0.6 is 0 Å². The first kappa shape index (κ1) is 23.1. The molecule has 0 aliphatic rings. The second kappa shape index (κ2) is 9.19. The minimum atomic E-state index is -1.02. The molecule has 0 saturated carbocycles. The minimum absolute atomic E-state index is 0.151. The van der Waals surface area contributed by atoms with Crippen LogP contribution in [-0.4, -0.2) is 23.2 Å². The van der Waals surface area contributed by atoms with Gasteiger partial charge in [-0.05, 0) is 61.9 Å². The van der Waals surface area contributed by atoms with Crippen molar-refractivity contribution >= 4 is 33.5 Å². The molecular formula is C29H24N2O5. The van der Waals surface area contributed by atoms with E-state index in [1.165, 1.54) is 6.07 Å². The smallest absolute Gasteiger partial charge is 0.337 e. The lowest BCUT2D eigenvalue weighted by Crippen LogP contribution is -2.12. The molecule has 5 aromatic rings. The fourth-order valence-electron chi connectivity index (χ4n) is 4.38. The van der Waals surface area contributed by atoms with Gasteiger partial charge < -0.3 is 19.6 Å². The Morgan fingerprint density at radius 2 is 1.86 bits per heavy atom. The number of aryl methyl sites for hydroxylation is 1. The molecule has 0 bridgehead atoms. The molecule has 7 nitrogen and oxygen atoms in total. The van der Waals surface area contributed by atoms with Crippen molar-refractivity contribution in [2.45, 2.75) is 19.9 Å². The third-order valence-corrected chi connectivity index (χ3v) is 6.15. The summed E-state index contributed by atoms with van der Waals surface area (Å²) in [6.45, 7) is 3.83. The van der Waals surface area contributed by atoms with Crippen LogP contribution in [0.15, 0.2) is 82.0 Å². The normalized spacial score (nSPS) is 12.0. The Morgan fingerprint density at radius 1 is 1.06 bits per heavy atom. The lowest BCUT2D eigenvalue weighted by atomic mass is 10.00. The summed E-state index contributed by atoms with van der Waals surface area (Å²) in [7, 11) is 1.57. The van der Waals surface area contributed by atoms with Gasteiger partial charge in [-0.25, -0.2) is 9.78 Å². The van der Waals surface area contributed by atoms with Crippen molar-refractivity contribution in [3.05, 3.63) is 99.7 Å². The van der Waals surface area contributed by atoms with Gasteiger partial charge in [0.25, 0.3) is 0 Å². The van der Waals surface area contributed by atoms with Gasteiger partial charge in [0, 0.05) is 34.3 Å². The zero-order chi connectivity index (χ0) is 25.4. The van der Waals surface area contributed by atoms with E-state index in [9.17, 15) is 14.7 Å². The highest BCUT2D eigenvalue weighted by molar-refractivity contribution is 5.94. The van der Waals surface area contributed by atoms with E-state index in [0.717, 1.165) is 27.6 Å². The van der Waals surface area contributed by atoms with Crippen LogP contribution in [0.2, 0.25) is 0 Å². The summed E-state index contributed by atoms with van der Waals surface area (Å²) in [6.07, 6.45) is 0. The molecule has 2 N–H and O–H groups in total. The van der Waals surface area contributed by atoms with E-state index in [-0.39, 0.29) is 17.0 Å². The van der Waals surface area contributed by atoms with Crippen LogP contribution in [-0.2, 0) is 0 Å². The van der Waals surface area contributed by atoms with Crippen molar-refractivity contribution in [3.8, 4) is 17.2 Å². The van der Waals surface area contributed by atoms with Crippen LogP contribution in [0.25, 0.3) is 33.2 Å². The van der Waals surface area contributed by atoms with Crippen LogP contribution in [0.4, 0.5) is 5.69 Å². The molecule has 5 rings (SSSR count). The van der Waals surface area contributed by atoms with Gasteiger partial charge in [-0.2, -0.15) is 0 Å². The van der Waals surface area contributed by atoms with Gasteiger partial charge in [0.1, 0.15) is 11.3 Å². The number of para-hydroxylation sites is 1. The van der Waals surface area contributed by atoms with E-state index in [1.54, 1.807) is 37.4 Å². The molecule has 0 radical (unpaired) electrons. The number of carbonyl (C=O) groups is 1. The fourth-order valence-corrected chi connectivity index (χ4v) is 4.38. The van der Waals surface area contributed by atoms with E-state index in [1.807, 2.05) is 50.2 Å². The molecule has 7 heteroatoms. The number of hydrogen-bond acceptors (Lipinski definition) is 6.